The predicted octanol–water partition coefficient (Wildman–Crippen LogP) is 5.41. The van der Waals surface area contributed by atoms with Crippen LogP contribution in [0.25, 0.3) is 16.7 Å². The Morgan fingerprint density at radius 3 is 2.64 bits per heavy atom. The van der Waals surface area contributed by atoms with Crippen molar-refractivity contribution in [1.82, 2.24) is 19.4 Å². The van der Waals surface area contributed by atoms with Gasteiger partial charge in [0.05, 0.1) is 5.39 Å². The maximum absolute atomic E-state index is 12.7. The van der Waals surface area contributed by atoms with E-state index in [1.165, 1.54) is 5.56 Å². The van der Waals surface area contributed by atoms with E-state index in [0.29, 0.717) is 30.6 Å². The number of halogens is 1. The zero-order chi connectivity index (χ0) is 25.4. The number of rotatable bonds is 3. The Morgan fingerprint density at radius 2 is 1.94 bits per heavy atom. The molecular formula is C27H34ClN5O3. The molecular weight excluding hydrogens is 478 g/mol. The van der Waals surface area contributed by atoms with Gasteiger partial charge < -0.3 is 23.8 Å². The minimum Gasteiger partial charge on any atom is -0.444 e. The fourth-order valence-electron chi connectivity index (χ4n) is 5.20. The molecule has 9 heteroatoms. The number of amides is 1. The van der Waals surface area contributed by atoms with Gasteiger partial charge in [-0.1, -0.05) is 17.7 Å². The van der Waals surface area contributed by atoms with Crippen molar-refractivity contribution in [2.75, 3.05) is 37.7 Å². The van der Waals surface area contributed by atoms with Gasteiger partial charge in [0.25, 0.3) is 0 Å². The minimum atomic E-state index is -0.516. The van der Waals surface area contributed by atoms with Gasteiger partial charge in [-0.2, -0.15) is 0 Å². The lowest BCUT2D eigenvalue weighted by Gasteiger charge is -2.41. The highest BCUT2D eigenvalue weighted by atomic mass is 35.5. The number of piperazine rings is 1. The lowest BCUT2D eigenvalue weighted by molar-refractivity contribution is 0.0218. The van der Waals surface area contributed by atoms with Crippen LogP contribution in [-0.4, -0.2) is 70.0 Å². The highest BCUT2D eigenvalue weighted by Crippen LogP contribution is 2.39. The molecule has 8 nitrogen and oxygen atoms in total. The van der Waals surface area contributed by atoms with Gasteiger partial charge in [0.2, 0.25) is 0 Å². The second kappa shape index (κ2) is 9.90. The molecule has 2 fully saturated rings. The monoisotopic (exact) mass is 511 g/mol. The van der Waals surface area contributed by atoms with Crippen molar-refractivity contribution in [1.29, 1.82) is 0 Å². The summed E-state index contributed by atoms with van der Waals surface area (Å²) in [6, 6.07) is 7.91. The Morgan fingerprint density at radius 1 is 1.17 bits per heavy atom. The summed E-state index contributed by atoms with van der Waals surface area (Å²) in [5.74, 6) is 1.28. The molecule has 1 aromatic carbocycles. The van der Waals surface area contributed by atoms with Crippen LogP contribution in [0.1, 0.15) is 52.0 Å². The minimum absolute atomic E-state index is 0.0708. The van der Waals surface area contributed by atoms with Crippen molar-refractivity contribution in [3.05, 3.63) is 47.4 Å². The summed E-state index contributed by atoms with van der Waals surface area (Å²) in [5.41, 5.74) is 2.56. The van der Waals surface area contributed by atoms with Crippen molar-refractivity contribution in [2.24, 2.45) is 0 Å². The maximum atomic E-state index is 12.7. The molecule has 1 atom stereocenters. The molecule has 1 amide bonds. The van der Waals surface area contributed by atoms with E-state index < -0.39 is 5.60 Å². The first kappa shape index (κ1) is 24.8. The normalized spacial score (nSPS) is 19.6. The summed E-state index contributed by atoms with van der Waals surface area (Å²) in [5, 5.41) is 1.75. The molecule has 0 N–H and O–H groups in total. The number of carbonyl (C=O) groups is 1. The van der Waals surface area contributed by atoms with Crippen LogP contribution in [-0.2, 0) is 9.47 Å². The Bertz CT molecular complexity index is 1250. The van der Waals surface area contributed by atoms with Gasteiger partial charge in [-0.3, -0.25) is 0 Å². The van der Waals surface area contributed by atoms with Crippen LogP contribution in [0.3, 0.4) is 0 Å². The maximum Gasteiger partial charge on any atom is 0.410 e. The molecule has 2 aliphatic rings. The fraction of sp³-hybridized carbons (Fsp3) is 0.519. The second-order valence-corrected chi connectivity index (χ2v) is 11.1. The van der Waals surface area contributed by atoms with E-state index in [4.69, 9.17) is 31.0 Å². The first-order valence-corrected chi connectivity index (χ1v) is 13.0. The molecule has 2 aliphatic heterocycles. The number of benzene rings is 1. The first-order chi connectivity index (χ1) is 17.2. The average molecular weight is 512 g/mol. The Hall–Kier alpha value is -2.84. The Balaban J connectivity index is 1.54. The van der Waals surface area contributed by atoms with Gasteiger partial charge in [0, 0.05) is 55.8 Å². The third kappa shape index (κ3) is 5.02. The number of carbonyl (C=O) groups excluding carboxylic acids is 1. The second-order valence-electron chi connectivity index (χ2n) is 10.7. The molecule has 36 heavy (non-hydrogen) atoms. The Labute approximate surface area is 217 Å². The van der Waals surface area contributed by atoms with Crippen molar-refractivity contribution >= 4 is 34.5 Å². The van der Waals surface area contributed by atoms with Gasteiger partial charge in [-0.25, -0.2) is 14.8 Å². The number of ether oxygens (including phenoxy) is 2. The molecule has 3 aromatic rings. The summed E-state index contributed by atoms with van der Waals surface area (Å²) in [4.78, 5) is 26.3. The molecule has 5 rings (SSSR count). The number of anilines is 1. The molecule has 2 saturated heterocycles. The quantitative estimate of drug-likeness (QED) is 0.468. The zero-order valence-corrected chi connectivity index (χ0v) is 22.2. The van der Waals surface area contributed by atoms with Gasteiger partial charge in [-0.05, 0) is 70.2 Å². The van der Waals surface area contributed by atoms with Crippen LogP contribution in [0.2, 0.25) is 5.02 Å². The van der Waals surface area contributed by atoms with Gasteiger partial charge in [0.15, 0.2) is 0 Å². The SMILES string of the molecule is CC1CN(C(=O)OC(C)(C)C)CCN1c1ncnc2c1c(C1CCOCC1)cn2-c1cccc(Cl)c1. The van der Waals surface area contributed by atoms with E-state index in [9.17, 15) is 4.79 Å². The fourth-order valence-corrected chi connectivity index (χ4v) is 5.38. The van der Waals surface area contributed by atoms with Crippen molar-refractivity contribution in [3.63, 3.8) is 0 Å². The van der Waals surface area contributed by atoms with E-state index >= 15 is 0 Å². The number of hydrogen-bond acceptors (Lipinski definition) is 6. The number of fused-ring (bicyclic) bond motifs is 1. The summed E-state index contributed by atoms with van der Waals surface area (Å²) in [7, 11) is 0. The molecule has 0 radical (unpaired) electrons. The van der Waals surface area contributed by atoms with Crippen LogP contribution < -0.4 is 4.90 Å². The van der Waals surface area contributed by atoms with Crippen LogP contribution in [0.15, 0.2) is 36.8 Å². The predicted molar refractivity (Wildman–Crippen MR) is 141 cm³/mol. The first-order valence-electron chi connectivity index (χ1n) is 12.7. The molecule has 0 aliphatic carbocycles. The van der Waals surface area contributed by atoms with Crippen LogP contribution in [0.4, 0.5) is 10.6 Å². The average Bonchev–Trinajstić information content (AvgIpc) is 3.24. The van der Waals surface area contributed by atoms with Crippen molar-refractivity contribution in [2.45, 2.75) is 58.1 Å². The molecule has 0 spiro atoms. The van der Waals surface area contributed by atoms with Gasteiger partial charge >= 0.3 is 6.09 Å². The standard InChI is InChI=1S/C27H34ClN5O3/c1-18-15-31(26(34)36-27(2,3)4)10-11-32(18)24-23-22(19-8-12-35-13-9-19)16-33(25(23)30-17-29-24)21-7-5-6-20(28)14-21/h5-7,14,16-19H,8-13,15H2,1-4H3. The number of nitrogens with zero attached hydrogens (tertiary/aromatic N) is 5. The van der Waals surface area contributed by atoms with Gasteiger partial charge in [0.1, 0.15) is 23.4 Å². The topological polar surface area (TPSA) is 72.7 Å². The van der Waals surface area contributed by atoms with Gasteiger partial charge in [-0.15, -0.1) is 0 Å². The van der Waals surface area contributed by atoms with E-state index in [-0.39, 0.29) is 12.1 Å². The summed E-state index contributed by atoms with van der Waals surface area (Å²) in [6.45, 7) is 11.1. The molecule has 0 bridgehead atoms. The molecule has 0 saturated carbocycles. The largest absolute Gasteiger partial charge is 0.444 e. The Kier molecular flexibility index (Phi) is 6.83. The third-order valence-corrected chi connectivity index (χ3v) is 7.13. The van der Waals surface area contributed by atoms with E-state index in [1.807, 2.05) is 45.0 Å². The van der Waals surface area contributed by atoms with Crippen molar-refractivity contribution in [3.8, 4) is 5.69 Å². The summed E-state index contributed by atoms with van der Waals surface area (Å²) in [6.07, 6.45) is 5.50. The lowest BCUT2D eigenvalue weighted by atomic mass is 9.91. The smallest absolute Gasteiger partial charge is 0.410 e. The highest BCUT2D eigenvalue weighted by molar-refractivity contribution is 6.30. The molecule has 2 aromatic heterocycles. The highest BCUT2D eigenvalue weighted by Gasteiger charge is 2.33. The van der Waals surface area contributed by atoms with Crippen LogP contribution >= 0.6 is 11.6 Å². The van der Waals surface area contributed by atoms with E-state index in [2.05, 4.69) is 22.6 Å². The lowest BCUT2D eigenvalue weighted by Crippen LogP contribution is -2.54. The third-order valence-electron chi connectivity index (χ3n) is 6.89. The van der Waals surface area contributed by atoms with Crippen molar-refractivity contribution < 1.29 is 14.3 Å². The van der Waals surface area contributed by atoms with E-state index in [1.54, 1.807) is 11.2 Å². The van der Waals surface area contributed by atoms with Crippen LogP contribution in [0.5, 0.6) is 0 Å². The summed E-state index contributed by atoms with van der Waals surface area (Å²) < 4.78 is 13.4. The zero-order valence-electron chi connectivity index (χ0n) is 21.4. The molecule has 4 heterocycles. The number of aromatic nitrogens is 3. The van der Waals surface area contributed by atoms with E-state index in [0.717, 1.165) is 48.6 Å². The molecule has 1 unspecified atom stereocenters. The number of hydrogen-bond donors (Lipinski definition) is 0. The van der Waals surface area contributed by atoms with Crippen LogP contribution in [0, 0.1) is 0 Å². The molecule has 192 valence electrons. The summed E-state index contributed by atoms with van der Waals surface area (Å²) >= 11 is 6.34.